The topological polar surface area (TPSA) is 60.7 Å². The first-order valence-corrected chi connectivity index (χ1v) is 8.07. The maximum Gasteiger partial charge on any atom is 0.186 e. The van der Waals surface area contributed by atoms with Gasteiger partial charge in [-0.1, -0.05) is 48.6 Å². The average molecular weight is 322 g/mol. The highest BCUT2D eigenvalue weighted by Crippen LogP contribution is 2.30. The van der Waals surface area contributed by atoms with Crippen LogP contribution in [-0.4, -0.2) is 21.1 Å². The van der Waals surface area contributed by atoms with E-state index in [0.717, 1.165) is 34.2 Å². The van der Waals surface area contributed by atoms with E-state index in [9.17, 15) is 15.3 Å². The highest BCUT2D eigenvalue weighted by atomic mass is 16.5. The Balaban J connectivity index is 1.94. The fourth-order valence-corrected chi connectivity index (χ4v) is 3.14. The summed E-state index contributed by atoms with van der Waals surface area (Å²) in [6, 6.07) is 12.1. The van der Waals surface area contributed by atoms with Crippen LogP contribution in [0.15, 0.2) is 54.6 Å². The molecule has 0 bridgehead atoms. The van der Waals surface area contributed by atoms with Crippen LogP contribution >= 0.6 is 0 Å². The molecule has 0 fully saturated rings. The molecule has 0 heterocycles. The van der Waals surface area contributed by atoms with E-state index < -0.39 is 5.79 Å². The summed E-state index contributed by atoms with van der Waals surface area (Å²) in [7, 11) is 0. The number of aryl methyl sites for hydroxylation is 2. The number of hydrogen-bond acceptors (Lipinski definition) is 3. The first-order valence-electron chi connectivity index (χ1n) is 8.07. The van der Waals surface area contributed by atoms with Crippen LogP contribution in [-0.2, 0) is 6.42 Å². The van der Waals surface area contributed by atoms with Crippen LogP contribution in [0.3, 0.4) is 0 Å². The van der Waals surface area contributed by atoms with E-state index in [2.05, 4.69) is 6.07 Å². The lowest BCUT2D eigenvalue weighted by Crippen LogP contribution is -2.25. The standard InChI is InChI=1S/C21H22O3/c1-14-11-16(12-15(2)20(14)22)13-18-5-3-4-6-19(18)17-7-9-21(23,24)10-8-17/h3-9,11-12,22-24H,10,13H2,1-2H3. The molecule has 24 heavy (non-hydrogen) atoms. The molecule has 0 saturated heterocycles. The van der Waals surface area contributed by atoms with Crippen molar-refractivity contribution < 1.29 is 15.3 Å². The van der Waals surface area contributed by atoms with E-state index in [-0.39, 0.29) is 6.42 Å². The average Bonchev–Trinajstić information content (AvgIpc) is 2.53. The molecule has 1 aliphatic rings. The predicted octanol–water partition coefficient (Wildman–Crippen LogP) is 3.62. The molecular formula is C21H22O3. The zero-order chi connectivity index (χ0) is 17.3. The van der Waals surface area contributed by atoms with E-state index in [0.29, 0.717) is 5.75 Å². The lowest BCUT2D eigenvalue weighted by Gasteiger charge is -2.21. The van der Waals surface area contributed by atoms with Crippen LogP contribution in [0.25, 0.3) is 5.57 Å². The first kappa shape index (κ1) is 16.5. The van der Waals surface area contributed by atoms with Gasteiger partial charge in [-0.2, -0.15) is 0 Å². The van der Waals surface area contributed by atoms with E-state index in [1.165, 1.54) is 11.6 Å². The van der Waals surface area contributed by atoms with Crippen molar-refractivity contribution >= 4 is 5.57 Å². The number of hydrogen-bond donors (Lipinski definition) is 3. The second kappa shape index (κ2) is 6.27. The van der Waals surface area contributed by atoms with Crippen molar-refractivity contribution in [3.05, 3.63) is 82.4 Å². The highest BCUT2D eigenvalue weighted by Gasteiger charge is 2.21. The molecular weight excluding hydrogens is 300 g/mol. The fraction of sp³-hybridized carbons (Fsp3) is 0.238. The second-order valence-corrected chi connectivity index (χ2v) is 6.49. The van der Waals surface area contributed by atoms with Gasteiger partial charge in [0.25, 0.3) is 0 Å². The van der Waals surface area contributed by atoms with Gasteiger partial charge in [0.05, 0.1) is 0 Å². The van der Waals surface area contributed by atoms with E-state index in [1.807, 2.05) is 50.3 Å². The molecule has 3 rings (SSSR count). The van der Waals surface area contributed by atoms with Crippen molar-refractivity contribution in [2.75, 3.05) is 0 Å². The van der Waals surface area contributed by atoms with Crippen LogP contribution in [0.5, 0.6) is 5.75 Å². The monoisotopic (exact) mass is 322 g/mol. The Bertz CT molecular complexity index is 806. The van der Waals surface area contributed by atoms with Crippen molar-refractivity contribution in [2.45, 2.75) is 32.5 Å². The Morgan fingerprint density at radius 3 is 2.33 bits per heavy atom. The third kappa shape index (κ3) is 3.42. The Morgan fingerprint density at radius 1 is 1.04 bits per heavy atom. The van der Waals surface area contributed by atoms with Gasteiger partial charge in [0, 0.05) is 6.42 Å². The molecule has 3 heteroatoms. The zero-order valence-electron chi connectivity index (χ0n) is 14.0. The molecule has 3 nitrogen and oxygen atoms in total. The molecule has 2 aromatic rings. The van der Waals surface area contributed by atoms with Crippen molar-refractivity contribution in [3.63, 3.8) is 0 Å². The summed E-state index contributed by atoms with van der Waals surface area (Å²) in [5.74, 6) is -1.39. The predicted molar refractivity (Wildman–Crippen MR) is 95.7 cm³/mol. The molecule has 0 aromatic heterocycles. The van der Waals surface area contributed by atoms with Crippen LogP contribution in [0.2, 0.25) is 0 Å². The van der Waals surface area contributed by atoms with Crippen LogP contribution in [0.4, 0.5) is 0 Å². The second-order valence-electron chi connectivity index (χ2n) is 6.49. The molecule has 0 amide bonds. The minimum atomic E-state index is -1.75. The minimum absolute atomic E-state index is 0.185. The molecule has 3 N–H and O–H groups in total. The summed E-state index contributed by atoms with van der Waals surface area (Å²) < 4.78 is 0. The van der Waals surface area contributed by atoms with Gasteiger partial charge in [0.2, 0.25) is 0 Å². The van der Waals surface area contributed by atoms with Crippen LogP contribution in [0.1, 0.15) is 34.2 Å². The summed E-state index contributed by atoms with van der Waals surface area (Å²) in [6.45, 7) is 3.82. The first-order chi connectivity index (χ1) is 11.4. The lowest BCUT2D eigenvalue weighted by molar-refractivity contribution is -0.114. The van der Waals surface area contributed by atoms with Gasteiger partial charge in [-0.25, -0.2) is 0 Å². The quantitative estimate of drug-likeness (QED) is 0.756. The van der Waals surface area contributed by atoms with E-state index >= 15 is 0 Å². The Morgan fingerprint density at radius 2 is 1.71 bits per heavy atom. The smallest absolute Gasteiger partial charge is 0.186 e. The third-order valence-electron chi connectivity index (χ3n) is 4.43. The molecule has 0 aliphatic heterocycles. The summed E-state index contributed by atoms with van der Waals surface area (Å²) in [6.07, 6.45) is 5.98. The number of phenols is 1. The number of benzene rings is 2. The maximum absolute atomic E-state index is 9.94. The number of aliphatic hydroxyl groups is 2. The molecule has 0 atom stereocenters. The van der Waals surface area contributed by atoms with Crippen molar-refractivity contribution in [2.24, 2.45) is 0 Å². The van der Waals surface area contributed by atoms with Gasteiger partial charge in [-0.05, 0) is 59.7 Å². The summed E-state index contributed by atoms with van der Waals surface area (Å²) >= 11 is 0. The van der Waals surface area contributed by atoms with Crippen LogP contribution in [0, 0.1) is 13.8 Å². The highest BCUT2D eigenvalue weighted by molar-refractivity contribution is 5.77. The van der Waals surface area contributed by atoms with Crippen molar-refractivity contribution in [1.82, 2.24) is 0 Å². The van der Waals surface area contributed by atoms with Gasteiger partial charge < -0.3 is 15.3 Å². The molecule has 0 unspecified atom stereocenters. The van der Waals surface area contributed by atoms with Crippen molar-refractivity contribution in [3.8, 4) is 5.75 Å². The maximum atomic E-state index is 9.94. The van der Waals surface area contributed by atoms with Gasteiger partial charge in [-0.15, -0.1) is 0 Å². The molecule has 124 valence electrons. The summed E-state index contributed by atoms with van der Waals surface area (Å²) in [5, 5.41) is 29.2. The molecule has 0 spiro atoms. The number of allylic oxidation sites excluding steroid dienone is 2. The number of rotatable bonds is 3. The number of aromatic hydroxyl groups is 1. The molecule has 0 saturated carbocycles. The summed E-state index contributed by atoms with van der Waals surface area (Å²) in [4.78, 5) is 0. The van der Waals surface area contributed by atoms with Crippen LogP contribution < -0.4 is 0 Å². The van der Waals surface area contributed by atoms with Gasteiger partial charge >= 0.3 is 0 Å². The van der Waals surface area contributed by atoms with Crippen molar-refractivity contribution in [1.29, 1.82) is 0 Å². The normalized spacial score (nSPS) is 16.1. The lowest BCUT2D eigenvalue weighted by atomic mass is 9.90. The van der Waals surface area contributed by atoms with E-state index in [1.54, 1.807) is 6.08 Å². The largest absolute Gasteiger partial charge is 0.507 e. The summed E-state index contributed by atoms with van der Waals surface area (Å²) in [5.41, 5.74) is 6.16. The fourth-order valence-electron chi connectivity index (χ4n) is 3.14. The SMILES string of the molecule is Cc1cc(Cc2ccccc2C2=CCC(O)(O)C=C2)cc(C)c1O. The van der Waals surface area contributed by atoms with Gasteiger partial charge in [0.1, 0.15) is 5.75 Å². The third-order valence-corrected chi connectivity index (χ3v) is 4.43. The Kier molecular flexibility index (Phi) is 4.31. The Hall–Kier alpha value is -2.36. The van der Waals surface area contributed by atoms with Gasteiger partial charge in [0.15, 0.2) is 5.79 Å². The number of phenolic OH excluding ortho intramolecular Hbond substituents is 1. The molecule has 0 radical (unpaired) electrons. The Labute approximate surface area is 142 Å². The zero-order valence-corrected chi connectivity index (χ0v) is 14.0. The van der Waals surface area contributed by atoms with E-state index in [4.69, 9.17) is 0 Å². The molecule has 1 aliphatic carbocycles. The molecule has 2 aromatic carbocycles. The van der Waals surface area contributed by atoms with Gasteiger partial charge in [-0.3, -0.25) is 0 Å². The minimum Gasteiger partial charge on any atom is -0.507 e.